The molecule has 2 atom stereocenters. The number of nitrogens with two attached hydrogens (primary N) is 1. The minimum absolute atomic E-state index is 0.0694. The Morgan fingerprint density at radius 3 is 2.25 bits per heavy atom. The third-order valence-corrected chi connectivity index (χ3v) is 2.99. The van der Waals surface area contributed by atoms with Crippen LogP contribution in [0.25, 0.3) is 0 Å². The molecule has 3 N–H and O–H groups in total. The van der Waals surface area contributed by atoms with Gasteiger partial charge < -0.3 is 10.8 Å². The molecular formula is C14H23NO. The van der Waals surface area contributed by atoms with Crippen LogP contribution < -0.4 is 5.73 Å². The zero-order valence-corrected chi connectivity index (χ0v) is 10.3. The van der Waals surface area contributed by atoms with Gasteiger partial charge in [0.15, 0.2) is 0 Å². The van der Waals surface area contributed by atoms with Gasteiger partial charge in [-0.25, -0.2) is 0 Å². The van der Waals surface area contributed by atoms with Gasteiger partial charge in [0.25, 0.3) is 0 Å². The molecular weight excluding hydrogens is 198 g/mol. The summed E-state index contributed by atoms with van der Waals surface area (Å²) in [6.45, 7) is 4.85. The van der Waals surface area contributed by atoms with E-state index in [4.69, 9.17) is 5.73 Å². The molecule has 2 heteroatoms. The van der Waals surface area contributed by atoms with Gasteiger partial charge in [-0.05, 0) is 24.3 Å². The van der Waals surface area contributed by atoms with Crippen molar-refractivity contribution in [2.24, 2.45) is 11.7 Å². The molecule has 0 bridgehead atoms. The Morgan fingerprint density at radius 1 is 1.12 bits per heavy atom. The normalized spacial score (nSPS) is 15.1. The topological polar surface area (TPSA) is 46.2 Å². The van der Waals surface area contributed by atoms with Gasteiger partial charge in [-0.2, -0.15) is 0 Å². The van der Waals surface area contributed by atoms with Gasteiger partial charge in [0.05, 0.1) is 6.10 Å². The van der Waals surface area contributed by atoms with E-state index < -0.39 is 0 Å². The van der Waals surface area contributed by atoms with Crippen LogP contribution >= 0.6 is 0 Å². The maximum absolute atomic E-state index is 10.1. The van der Waals surface area contributed by atoms with E-state index in [0.29, 0.717) is 12.5 Å². The Morgan fingerprint density at radius 2 is 1.75 bits per heavy atom. The zero-order chi connectivity index (χ0) is 12.0. The van der Waals surface area contributed by atoms with E-state index in [1.165, 1.54) is 0 Å². The van der Waals surface area contributed by atoms with Crippen LogP contribution in [-0.4, -0.2) is 17.8 Å². The third-order valence-electron chi connectivity index (χ3n) is 2.99. The van der Waals surface area contributed by atoms with Crippen molar-refractivity contribution in [3.8, 4) is 0 Å². The van der Waals surface area contributed by atoms with E-state index >= 15 is 0 Å². The Balaban J connectivity index is 2.60. The second-order valence-corrected chi connectivity index (χ2v) is 4.79. The predicted molar refractivity (Wildman–Crippen MR) is 68.3 cm³/mol. The molecule has 0 fully saturated rings. The van der Waals surface area contributed by atoms with Gasteiger partial charge in [-0.15, -0.1) is 0 Å². The fourth-order valence-corrected chi connectivity index (χ4v) is 1.92. The van der Waals surface area contributed by atoms with E-state index in [9.17, 15) is 5.11 Å². The number of benzene rings is 1. The van der Waals surface area contributed by atoms with Gasteiger partial charge >= 0.3 is 0 Å². The molecule has 0 amide bonds. The second kappa shape index (κ2) is 6.66. The Kier molecular flexibility index (Phi) is 5.50. The molecule has 2 unspecified atom stereocenters. The molecule has 1 aromatic rings. The summed E-state index contributed by atoms with van der Waals surface area (Å²) >= 11 is 0. The van der Waals surface area contributed by atoms with Crippen LogP contribution in [0.15, 0.2) is 30.3 Å². The average molecular weight is 221 g/mol. The van der Waals surface area contributed by atoms with Gasteiger partial charge in [0.2, 0.25) is 0 Å². The molecule has 0 radical (unpaired) electrons. The first-order chi connectivity index (χ1) is 7.65. The van der Waals surface area contributed by atoms with Crippen LogP contribution in [0.2, 0.25) is 0 Å². The zero-order valence-electron chi connectivity index (χ0n) is 10.3. The lowest BCUT2D eigenvalue weighted by molar-refractivity contribution is 0.129. The standard InChI is InChI=1S/C14H23NO/c1-11(2)8-9-14(16)13(10-15)12-6-4-3-5-7-12/h3-7,11,13-14,16H,8-10,15H2,1-2H3. The van der Waals surface area contributed by atoms with Crippen molar-refractivity contribution >= 4 is 0 Å². The maximum atomic E-state index is 10.1. The number of hydrogen-bond donors (Lipinski definition) is 2. The molecule has 1 rings (SSSR count). The molecule has 0 saturated carbocycles. The summed E-state index contributed by atoms with van der Waals surface area (Å²) in [4.78, 5) is 0. The SMILES string of the molecule is CC(C)CCC(O)C(CN)c1ccccc1. The van der Waals surface area contributed by atoms with Crippen molar-refractivity contribution in [1.82, 2.24) is 0 Å². The Hall–Kier alpha value is -0.860. The molecule has 0 heterocycles. The molecule has 0 aromatic heterocycles. The number of rotatable bonds is 6. The molecule has 0 aliphatic heterocycles. The predicted octanol–water partition coefficient (Wildman–Crippen LogP) is 2.53. The summed E-state index contributed by atoms with van der Waals surface area (Å²) in [7, 11) is 0. The molecule has 0 saturated heterocycles. The van der Waals surface area contributed by atoms with Crippen LogP contribution in [0.5, 0.6) is 0 Å². The quantitative estimate of drug-likeness (QED) is 0.775. The van der Waals surface area contributed by atoms with E-state index in [2.05, 4.69) is 13.8 Å². The van der Waals surface area contributed by atoms with Crippen LogP contribution in [0, 0.1) is 5.92 Å². The lowest BCUT2D eigenvalue weighted by atomic mass is 9.89. The first-order valence-electron chi connectivity index (χ1n) is 6.08. The highest BCUT2D eigenvalue weighted by molar-refractivity contribution is 5.21. The summed E-state index contributed by atoms with van der Waals surface area (Å²) in [6.07, 6.45) is 1.55. The van der Waals surface area contributed by atoms with Crippen molar-refractivity contribution in [3.05, 3.63) is 35.9 Å². The van der Waals surface area contributed by atoms with Crippen molar-refractivity contribution in [2.75, 3.05) is 6.54 Å². The summed E-state index contributed by atoms with van der Waals surface area (Å²) in [5.41, 5.74) is 6.89. The van der Waals surface area contributed by atoms with Crippen LogP contribution in [0.4, 0.5) is 0 Å². The fraction of sp³-hybridized carbons (Fsp3) is 0.571. The largest absolute Gasteiger partial charge is 0.392 e. The van der Waals surface area contributed by atoms with E-state index in [1.807, 2.05) is 30.3 Å². The fourth-order valence-electron chi connectivity index (χ4n) is 1.92. The van der Waals surface area contributed by atoms with Crippen LogP contribution in [0.3, 0.4) is 0 Å². The van der Waals surface area contributed by atoms with Gasteiger partial charge in [0, 0.05) is 12.5 Å². The van der Waals surface area contributed by atoms with Gasteiger partial charge in [0.1, 0.15) is 0 Å². The van der Waals surface area contributed by atoms with Crippen molar-refractivity contribution in [1.29, 1.82) is 0 Å². The highest BCUT2D eigenvalue weighted by Gasteiger charge is 2.19. The third kappa shape index (κ3) is 3.95. The number of hydrogen-bond acceptors (Lipinski definition) is 2. The molecule has 0 aliphatic carbocycles. The van der Waals surface area contributed by atoms with Crippen LogP contribution in [-0.2, 0) is 0 Å². The van der Waals surface area contributed by atoms with E-state index in [1.54, 1.807) is 0 Å². The average Bonchev–Trinajstić information content (AvgIpc) is 2.29. The van der Waals surface area contributed by atoms with Gasteiger partial charge in [-0.1, -0.05) is 44.2 Å². The lowest BCUT2D eigenvalue weighted by Gasteiger charge is -2.22. The molecule has 0 aliphatic rings. The first-order valence-corrected chi connectivity index (χ1v) is 6.08. The van der Waals surface area contributed by atoms with Crippen molar-refractivity contribution in [2.45, 2.75) is 38.7 Å². The first kappa shape index (κ1) is 13.2. The summed E-state index contributed by atoms with van der Waals surface area (Å²) in [5, 5.41) is 10.1. The summed E-state index contributed by atoms with van der Waals surface area (Å²) in [6, 6.07) is 10.0. The van der Waals surface area contributed by atoms with Crippen LogP contribution in [0.1, 0.15) is 38.2 Å². The summed E-state index contributed by atoms with van der Waals surface area (Å²) < 4.78 is 0. The molecule has 0 spiro atoms. The Bertz CT molecular complexity index is 284. The minimum Gasteiger partial charge on any atom is -0.392 e. The number of aliphatic hydroxyl groups is 1. The van der Waals surface area contributed by atoms with E-state index in [-0.39, 0.29) is 12.0 Å². The highest BCUT2D eigenvalue weighted by atomic mass is 16.3. The smallest absolute Gasteiger partial charge is 0.0621 e. The maximum Gasteiger partial charge on any atom is 0.0621 e. The molecule has 16 heavy (non-hydrogen) atoms. The summed E-state index contributed by atoms with van der Waals surface area (Å²) in [5.74, 6) is 0.698. The van der Waals surface area contributed by atoms with Crippen molar-refractivity contribution < 1.29 is 5.11 Å². The molecule has 2 nitrogen and oxygen atoms in total. The highest BCUT2D eigenvalue weighted by Crippen LogP contribution is 2.22. The lowest BCUT2D eigenvalue weighted by Crippen LogP contribution is -2.26. The number of aliphatic hydroxyl groups excluding tert-OH is 1. The Labute approximate surface area is 98.5 Å². The monoisotopic (exact) mass is 221 g/mol. The minimum atomic E-state index is -0.324. The van der Waals surface area contributed by atoms with Crippen molar-refractivity contribution in [3.63, 3.8) is 0 Å². The second-order valence-electron chi connectivity index (χ2n) is 4.79. The molecule has 90 valence electrons. The molecule has 1 aromatic carbocycles. The van der Waals surface area contributed by atoms with E-state index in [0.717, 1.165) is 18.4 Å². The van der Waals surface area contributed by atoms with Gasteiger partial charge in [-0.3, -0.25) is 0 Å².